The van der Waals surface area contributed by atoms with Crippen LogP contribution in [0.25, 0.3) is 0 Å². The van der Waals surface area contributed by atoms with Gasteiger partial charge in [-0.2, -0.15) is 0 Å². The first-order valence-corrected chi connectivity index (χ1v) is 6.31. The summed E-state index contributed by atoms with van der Waals surface area (Å²) in [6, 6.07) is 0.190. The van der Waals surface area contributed by atoms with Crippen molar-refractivity contribution in [3.8, 4) is 0 Å². The highest BCUT2D eigenvalue weighted by atomic mass is 16.3. The third-order valence-corrected chi connectivity index (χ3v) is 2.82. The summed E-state index contributed by atoms with van der Waals surface area (Å²) >= 11 is 0. The molecule has 0 saturated carbocycles. The van der Waals surface area contributed by atoms with Crippen molar-refractivity contribution in [2.75, 3.05) is 19.7 Å². The van der Waals surface area contributed by atoms with Crippen molar-refractivity contribution in [1.82, 2.24) is 4.90 Å². The molecule has 1 aliphatic heterocycles. The lowest BCUT2D eigenvalue weighted by Gasteiger charge is -2.36. The van der Waals surface area contributed by atoms with E-state index in [-0.39, 0.29) is 18.8 Å². The summed E-state index contributed by atoms with van der Waals surface area (Å²) in [5.74, 6) is 0. The zero-order valence-corrected chi connectivity index (χ0v) is 10.4. The molecule has 0 aliphatic carbocycles. The van der Waals surface area contributed by atoms with Crippen molar-refractivity contribution in [2.45, 2.75) is 58.6 Å². The Morgan fingerprint density at radius 1 is 1.33 bits per heavy atom. The molecule has 1 saturated heterocycles. The molecule has 2 unspecified atom stereocenters. The number of aliphatic hydroxyl groups is 2. The van der Waals surface area contributed by atoms with Gasteiger partial charge in [-0.1, -0.05) is 27.2 Å². The van der Waals surface area contributed by atoms with E-state index in [2.05, 4.69) is 11.8 Å². The molecule has 1 heterocycles. The van der Waals surface area contributed by atoms with E-state index in [1.54, 1.807) is 0 Å². The van der Waals surface area contributed by atoms with Crippen LogP contribution in [0.5, 0.6) is 0 Å². The van der Waals surface area contributed by atoms with Crippen molar-refractivity contribution >= 4 is 0 Å². The molecule has 15 heavy (non-hydrogen) atoms. The van der Waals surface area contributed by atoms with Crippen molar-refractivity contribution in [2.24, 2.45) is 0 Å². The SMILES string of the molecule is CC.CCCCN1CCC(O)CC1CO. The number of aliphatic hydroxyl groups excluding tert-OH is 2. The van der Waals surface area contributed by atoms with Crippen molar-refractivity contribution in [1.29, 1.82) is 0 Å². The Morgan fingerprint density at radius 2 is 2.00 bits per heavy atom. The Morgan fingerprint density at radius 3 is 2.53 bits per heavy atom. The minimum absolute atomic E-state index is 0.181. The molecule has 1 aliphatic rings. The first-order valence-electron chi connectivity index (χ1n) is 6.31. The lowest BCUT2D eigenvalue weighted by atomic mass is 10.00. The number of unbranched alkanes of at least 4 members (excludes halogenated alkanes) is 1. The van der Waals surface area contributed by atoms with Crippen LogP contribution >= 0.6 is 0 Å². The average molecular weight is 217 g/mol. The highest BCUT2D eigenvalue weighted by molar-refractivity contribution is 4.80. The summed E-state index contributed by atoms with van der Waals surface area (Å²) < 4.78 is 0. The molecule has 2 N–H and O–H groups in total. The van der Waals surface area contributed by atoms with Crippen LogP contribution in [-0.2, 0) is 0 Å². The van der Waals surface area contributed by atoms with Crippen LogP contribution in [0.4, 0.5) is 0 Å². The lowest BCUT2D eigenvalue weighted by molar-refractivity contribution is 0.0166. The monoisotopic (exact) mass is 217 g/mol. The van der Waals surface area contributed by atoms with Crippen molar-refractivity contribution < 1.29 is 10.2 Å². The zero-order chi connectivity index (χ0) is 11.7. The second-order valence-electron chi connectivity index (χ2n) is 3.90. The Bertz CT molecular complexity index is 140. The smallest absolute Gasteiger partial charge is 0.0587 e. The van der Waals surface area contributed by atoms with Crippen LogP contribution in [0.15, 0.2) is 0 Å². The van der Waals surface area contributed by atoms with E-state index in [1.165, 1.54) is 12.8 Å². The van der Waals surface area contributed by atoms with Crippen LogP contribution in [0.1, 0.15) is 46.5 Å². The molecule has 0 spiro atoms. The Labute approximate surface area is 94.1 Å². The Balaban J connectivity index is 0.000000921. The molecular formula is C12H27NO2. The van der Waals surface area contributed by atoms with E-state index < -0.39 is 0 Å². The molecule has 1 rings (SSSR count). The molecule has 1 fully saturated rings. The van der Waals surface area contributed by atoms with Crippen molar-refractivity contribution in [3.05, 3.63) is 0 Å². The van der Waals surface area contributed by atoms with Crippen LogP contribution in [0.2, 0.25) is 0 Å². The number of piperidine rings is 1. The summed E-state index contributed by atoms with van der Waals surface area (Å²) in [5.41, 5.74) is 0. The highest BCUT2D eigenvalue weighted by Gasteiger charge is 2.25. The van der Waals surface area contributed by atoms with Gasteiger partial charge in [0.25, 0.3) is 0 Å². The van der Waals surface area contributed by atoms with Gasteiger partial charge in [-0.05, 0) is 25.8 Å². The number of rotatable bonds is 4. The third kappa shape index (κ3) is 5.50. The van der Waals surface area contributed by atoms with Gasteiger partial charge in [0, 0.05) is 12.6 Å². The summed E-state index contributed by atoms with van der Waals surface area (Å²) in [6.07, 6.45) is 3.78. The predicted octanol–water partition coefficient (Wildman–Crippen LogP) is 1.63. The first-order chi connectivity index (χ1) is 7.27. The number of hydrogen-bond donors (Lipinski definition) is 2. The largest absolute Gasteiger partial charge is 0.395 e. The summed E-state index contributed by atoms with van der Waals surface area (Å²) in [7, 11) is 0. The standard InChI is InChI=1S/C10H21NO2.C2H6/c1-2-3-5-11-6-4-10(13)7-9(11)8-12;1-2/h9-10,12-13H,2-8H2,1H3;1-2H3. The maximum absolute atomic E-state index is 9.42. The van der Waals surface area contributed by atoms with Crippen LogP contribution in [-0.4, -0.2) is 47.0 Å². The number of likely N-dealkylation sites (tertiary alicyclic amines) is 1. The fourth-order valence-corrected chi connectivity index (χ4v) is 1.92. The Kier molecular flexibility index (Phi) is 9.06. The van der Waals surface area contributed by atoms with Crippen LogP contribution in [0, 0.1) is 0 Å². The normalized spacial score (nSPS) is 27.0. The molecule has 0 aromatic heterocycles. The van der Waals surface area contributed by atoms with E-state index in [1.807, 2.05) is 13.8 Å². The topological polar surface area (TPSA) is 43.7 Å². The molecule has 3 nitrogen and oxygen atoms in total. The fourth-order valence-electron chi connectivity index (χ4n) is 1.92. The molecule has 0 aromatic carbocycles. The minimum atomic E-state index is -0.199. The Hall–Kier alpha value is -0.120. The van der Waals surface area contributed by atoms with Crippen LogP contribution in [0.3, 0.4) is 0 Å². The highest BCUT2D eigenvalue weighted by Crippen LogP contribution is 2.17. The van der Waals surface area contributed by atoms with E-state index in [4.69, 9.17) is 5.11 Å². The summed E-state index contributed by atoms with van der Waals surface area (Å²) in [4.78, 5) is 2.30. The molecule has 0 bridgehead atoms. The fraction of sp³-hybridized carbons (Fsp3) is 1.00. The molecule has 0 radical (unpaired) electrons. The van der Waals surface area contributed by atoms with Gasteiger partial charge in [-0.25, -0.2) is 0 Å². The van der Waals surface area contributed by atoms with Crippen molar-refractivity contribution in [3.63, 3.8) is 0 Å². The molecular weight excluding hydrogens is 190 g/mol. The first kappa shape index (κ1) is 14.9. The maximum atomic E-state index is 9.42. The maximum Gasteiger partial charge on any atom is 0.0587 e. The summed E-state index contributed by atoms with van der Waals surface area (Å²) in [6.45, 7) is 8.36. The van der Waals surface area contributed by atoms with Gasteiger partial charge in [0.15, 0.2) is 0 Å². The van der Waals surface area contributed by atoms with Gasteiger partial charge in [-0.3, -0.25) is 4.90 Å². The van der Waals surface area contributed by atoms with Crippen LogP contribution < -0.4 is 0 Å². The average Bonchev–Trinajstić information content (AvgIpc) is 2.30. The van der Waals surface area contributed by atoms with Gasteiger partial charge >= 0.3 is 0 Å². The molecule has 0 amide bonds. The molecule has 92 valence electrons. The van der Waals surface area contributed by atoms with Gasteiger partial charge in [0.05, 0.1) is 12.7 Å². The molecule has 3 heteroatoms. The number of hydrogen-bond acceptors (Lipinski definition) is 3. The van der Waals surface area contributed by atoms with Gasteiger partial charge in [-0.15, -0.1) is 0 Å². The zero-order valence-electron chi connectivity index (χ0n) is 10.4. The number of nitrogens with zero attached hydrogens (tertiary/aromatic N) is 1. The lowest BCUT2D eigenvalue weighted by Crippen LogP contribution is -2.46. The molecule has 2 atom stereocenters. The summed E-state index contributed by atoms with van der Waals surface area (Å²) in [5, 5.41) is 18.5. The van der Waals surface area contributed by atoms with E-state index in [9.17, 15) is 5.11 Å². The van der Waals surface area contributed by atoms with Gasteiger partial charge in [0.2, 0.25) is 0 Å². The van der Waals surface area contributed by atoms with Gasteiger partial charge < -0.3 is 10.2 Å². The quantitative estimate of drug-likeness (QED) is 0.752. The third-order valence-electron chi connectivity index (χ3n) is 2.82. The second kappa shape index (κ2) is 9.13. The minimum Gasteiger partial charge on any atom is -0.395 e. The predicted molar refractivity (Wildman–Crippen MR) is 63.9 cm³/mol. The van der Waals surface area contributed by atoms with E-state index >= 15 is 0 Å². The second-order valence-corrected chi connectivity index (χ2v) is 3.90. The van der Waals surface area contributed by atoms with E-state index in [0.717, 1.165) is 25.9 Å². The van der Waals surface area contributed by atoms with Gasteiger partial charge in [0.1, 0.15) is 0 Å². The molecule has 0 aromatic rings. The van der Waals surface area contributed by atoms with E-state index in [0.29, 0.717) is 0 Å².